The minimum Gasteiger partial charge on any atom is -0.454 e. The summed E-state index contributed by atoms with van der Waals surface area (Å²) in [6.07, 6.45) is 2.13. The number of nitrogens with zero attached hydrogens (tertiary/aromatic N) is 2. The average Bonchev–Trinajstić information content (AvgIpc) is 3.27. The maximum Gasteiger partial charge on any atom is 0.216 e. The van der Waals surface area contributed by atoms with Crippen LogP contribution >= 0.6 is 0 Å². The van der Waals surface area contributed by atoms with Crippen LogP contribution in [-0.2, 0) is 7.05 Å². The molecular weight excluding hydrogens is 452 g/mol. The zero-order chi connectivity index (χ0) is 25.7. The Morgan fingerprint density at radius 3 is 2.14 bits per heavy atom. The highest BCUT2D eigenvalue weighted by Crippen LogP contribution is 2.42. The van der Waals surface area contributed by atoms with Crippen LogP contribution in [0.3, 0.4) is 0 Å². The van der Waals surface area contributed by atoms with Gasteiger partial charge in [-0.2, -0.15) is 5.26 Å². The molecule has 0 N–H and O–H groups in total. The molecule has 0 saturated carbocycles. The third kappa shape index (κ3) is 3.70. The molecule has 0 saturated heterocycles. The van der Waals surface area contributed by atoms with E-state index in [1.54, 1.807) is 0 Å². The van der Waals surface area contributed by atoms with Crippen LogP contribution in [0.4, 0.5) is 0 Å². The number of rotatable bonds is 3. The van der Waals surface area contributed by atoms with Crippen molar-refractivity contribution in [1.29, 1.82) is 5.26 Å². The van der Waals surface area contributed by atoms with Crippen LogP contribution < -0.4 is 4.57 Å². The van der Waals surface area contributed by atoms with Gasteiger partial charge in [0.1, 0.15) is 18.2 Å². The Kier molecular flexibility index (Phi) is 5.39. The molecule has 6 aromatic rings. The van der Waals surface area contributed by atoms with E-state index in [1.165, 1.54) is 16.7 Å². The number of aromatic nitrogens is 1. The average molecular weight is 480 g/mol. The van der Waals surface area contributed by atoms with Gasteiger partial charge in [0.05, 0.1) is 17.2 Å². The second-order valence-corrected chi connectivity index (χ2v) is 9.81. The first-order valence-corrected chi connectivity index (χ1v) is 12.5. The van der Waals surface area contributed by atoms with E-state index in [-0.39, 0.29) is 0 Å². The lowest BCUT2D eigenvalue weighted by atomic mass is 9.92. The van der Waals surface area contributed by atoms with Crippen molar-refractivity contribution in [1.82, 2.24) is 0 Å². The van der Waals surface area contributed by atoms with Gasteiger partial charge in [0.2, 0.25) is 5.69 Å². The SMILES string of the molecule is Cc1ccc(-c2c(C)ccc3c2oc2c(-c4ccc(-c5ccccc5)c(C)c4)c(C#N)ccc23)[n+](C)c1. The largest absolute Gasteiger partial charge is 0.454 e. The van der Waals surface area contributed by atoms with E-state index in [0.29, 0.717) is 5.56 Å². The molecule has 0 unspecified atom stereocenters. The molecule has 3 heteroatoms. The van der Waals surface area contributed by atoms with E-state index < -0.39 is 0 Å². The third-order valence-electron chi connectivity index (χ3n) is 7.28. The fraction of sp³-hybridized carbons (Fsp3) is 0.118. The van der Waals surface area contributed by atoms with Crippen molar-refractivity contribution in [2.24, 2.45) is 7.05 Å². The maximum atomic E-state index is 10.1. The lowest BCUT2D eigenvalue weighted by molar-refractivity contribution is -0.660. The summed E-state index contributed by atoms with van der Waals surface area (Å²) in [5, 5.41) is 12.1. The van der Waals surface area contributed by atoms with E-state index in [9.17, 15) is 5.26 Å². The van der Waals surface area contributed by atoms with Gasteiger partial charge in [-0.1, -0.05) is 60.7 Å². The molecule has 0 aliphatic heterocycles. The number of aryl methyl sites for hydroxylation is 4. The summed E-state index contributed by atoms with van der Waals surface area (Å²) in [5.41, 5.74) is 12.1. The van der Waals surface area contributed by atoms with Crippen molar-refractivity contribution < 1.29 is 8.98 Å². The zero-order valence-corrected chi connectivity index (χ0v) is 21.5. The summed E-state index contributed by atoms with van der Waals surface area (Å²) >= 11 is 0. The molecule has 0 aliphatic carbocycles. The van der Waals surface area contributed by atoms with Crippen molar-refractivity contribution in [2.75, 3.05) is 0 Å². The third-order valence-corrected chi connectivity index (χ3v) is 7.28. The van der Waals surface area contributed by atoms with Crippen LogP contribution in [0.2, 0.25) is 0 Å². The van der Waals surface area contributed by atoms with Crippen LogP contribution in [0, 0.1) is 32.1 Å². The molecule has 0 aliphatic rings. The van der Waals surface area contributed by atoms with Gasteiger partial charge < -0.3 is 4.42 Å². The normalized spacial score (nSPS) is 11.2. The fourth-order valence-corrected chi connectivity index (χ4v) is 5.47. The minimum absolute atomic E-state index is 0.609. The molecule has 0 atom stereocenters. The molecule has 37 heavy (non-hydrogen) atoms. The van der Waals surface area contributed by atoms with Crippen LogP contribution in [0.5, 0.6) is 0 Å². The molecule has 0 fully saturated rings. The Morgan fingerprint density at radius 1 is 0.703 bits per heavy atom. The fourth-order valence-electron chi connectivity index (χ4n) is 5.47. The number of hydrogen-bond donors (Lipinski definition) is 0. The molecule has 6 rings (SSSR count). The van der Waals surface area contributed by atoms with Gasteiger partial charge in [-0.25, -0.2) is 4.57 Å². The van der Waals surface area contributed by atoms with Crippen molar-refractivity contribution in [3.63, 3.8) is 0 Å². The Bertz CT molecular complexity index is 1870. The zero-order valence-electron chi connectivity index (χ0n) is 21.5. The Balaban J connectivity index is 1.63. The quantitative estimate of drug-likeness (QED) is 0.240. The smallest absolute Gasteiger partial charge is 0.216 e. The molecule has 0 spiro atoms. The molecular formula is C34H27N2O+. The van der Waals surface area contributed by atoms with Crippen molar-refractivity contribution in [3.8, 4) is 39.6 Å². The van der Waals surface area contributed by atoms with E-state index in [0.717, 1.165) is 55.4 Å². The predicted octanol–water partition coefficient (Wildman–Crippen LogP) is 8.21. The summed E-state index contributed by atoms with van der Waals surface area (Å²) in [6.45, 7) is 6.34. The van der Waals surface area contributed by atoms with Crippen LogP contribution in [0.15, 0.2) is 95.5 Å². The van der Waals surface area contributed by atoms with Crippen LogP contribution in [-0.4, -0.2) is 0 Å². The molecule has 0 bridgehead atoms. The number of hydrogen-bond acceptors (Lipinski definition) is 2. The van der Waals surface area contributed by atoms with E-state index in [2.05, 4.69) is 111 Å². The van der Waals surface area contributed by atoms with Crippen molar-refractivity contribution >= 4 is 21.9 Å². The van der Waals surface area contributed by atoms with Crippen LogP contribution in [0.1, 0.15) is 22.3 Å². The molecule has 0 radical (unpaired) electrons. The standard InChI is InChI=1S/C34H27N2O/c1-21-10-17-30(36(4)20-21)31-22(2)11-14-28-29-16-13-26(19-35)32(34(29)37-33(28)31)25-12-15-27(23(3)18-25)24-8-6-5-7-9-24/h5-18,20H,1-4H3/q+1. The second kappa shape index (κ2) is 8.76. The molecule has 178 valence electrons. The van der Waals surface area contributed by atoms with Gasteiger partial charge >= 0.3 is 0 Å². The summed E-state index contributed by atoms with van der Waals surface area (Å²) in [6, 6.07) is 31.7. The second-order valence-electron chi connectivity index (χ2n) is 9.81. The Morgan fingerprint density at radius 2 is 1.43 bits per heavy atom. The van der Waals surface area contributed by atoms with Gasteiger partial charge in [0.15, 0.2) is 6.20 Å². The summed E-state index contributed by atoms with van der Waals surface area (Å²) in [4.78, 5) is 0. The monoisotopic (exact) mass is 479 g/mol. The highest BCUT2D eigenvalue weighted by Gasteiger charge is 2.23. The first-order valence-electron chi connectivity index (χ1n) is 12.5. The number of furan rings is 1. The first kappa shape index (κ1) is 22.8. The molecule has 2 heterocycles. The van der Waals surface area contributed by atoms with E-state index >= 15 is 0 Å². The summed E-state index contributed by atoms with van der Waals surface area (Å²) in [7, 11) is 2.07. The minimum atomic E-state index is 0.609. The van der Waals surface area contributed by atoms with Gasteiger partial charge in [0.25, 0.3) is 0 Å². The molecule has 0 amide bonds. The summed E-state index contributed by atoms with van der Waals surface area (Å²) in [5.74, 6) is 0. The Labute approximate surface area is 216 Å². The molecule has 2 aromatic heterocycles. The van der Waals surface area contributed by atoms with Gasteiger partial charge in [-0.15, -0.1) is 0 Å². The Hall–Kier alpha value is -4.68. The number of pyridine rings is 1. The molecule has 4 aromatic carbocycles. The molecule has 3 nitrogen and oxygen atoms in total. The van der Waals surface area contributed by atoms with Gasteiger partial charge in [-0.05, 0) is 66.8 Å². The van der Waals surface area contributed by atoms with Crippen molar-refractivity contribution in [2.45, 2.75) is 20.8 Å². The predicted molar refractivity (Wildman–Crippen MR) is 150 cm³/mol. The van der Waals surface area contributed by atoms with Gasteiger partial charge in [0, 0.05) is 28.0 Å². The maximum absolute atomic E-state index is 10.1. The van der Waals surface area contributed by atoms with Gasteiger partial charge in [-0.3, -0.25) is 0 Å². The van der Waals surface area contributed by atoms with E-state index in [1.807, 2.05) is 18.2 Å². The lowest BCUT2D eigenvalue weighted by Crippen LogP contribution is -2.31. The number of fused-ring (bicyclic) bond motifs is 3. The topological polar surface area (TPSA) is 40.8 Å². The highest BCUT2D eigenvalue weighted by atomic mass is 16.3. The van der Waals surface area contributed by atoms with Crippen molar-refractivity contribution in [3.05, 3.63) is 113 Å². The number of nitriles is 1. The van der Waals surface area contributed by atoms with Crippen LogP contribution in [0.25, 0.3) is 55.4 Å². The number of benzene rings is 4. The lowest BCUT2D eigenvalue weighted by Gasteiger charge is -2.11. The summed E-state index contributed by atoms with van der Waals surface area (Å²) < 4.78 is 8.87. The van der Waals surface area contributed by atoms with E-state index in [4.69, 9.17) is 4.42 Å². The first-order chi connectivity index (χ1) is 18.0. The highest BCUT2D eigenvalue weighted by molar-refractivity contribution is 6.14.